The molecule has 1 fully saturated rings. The van der Waals surface area contributed by atoms with E-state index < -0.39 is 0 Å². The maximum Gasteiger partial charge on any atom is 0.255 e. The topological polar surface area (TPSA) is 62.5 Å². The van der Waals surface area contributed by atoms with Crippen LogP contribution in [0.4, 0.5) is 15.8 Å². The van der Waals surface area contributed by atoms with Crippen molar-refractivity contribution in [1.82, 2.24) is 9.88 Å². The highest BCUT2D eigenvalue weighted by Crippen LogP contribution is 2.23. The quantitative estimate of drug-likeness (QED) is 0.859. The van der Waals surface area contributed by atoms with Crippen molar-refractivity contribution in [2.75, 3.05) is 36.8 Å². The molecule has 0 unspecified atom stereocenters. The third-order valence-electron chi connectivity index (χ3n) is 3.79. The van der Waals surface area contributed by atoms with Gasteiger partial charge in [0.25, 0.3) is 5.91 Å². The highest BCUT2D eigenvalue weighted by Gasteiger charge is 2.23. The van der Waals surface area contributed by atoms with Crippen LogP contribution in [0.3, 0.4) is 0 Å². The number of benzene rings is 1. The molecule has 114 valence electrons. The molecule has 2 aromatic rings. The molecule has 1 aromatic carbocycles. The van der Waals surface area contributed by atoms with Crippen LogP contribution in [0.15, 0.2) is 42.7 Å². The summed E-state index contributed by atoms with van der Waals surface area (Å²) in [5, 5.41) is 0. The molecule has 1 amide bonds. The molecule has 3 rings (SSSR count). The van der Waals surface area contributed by atoms with Gasteiger partial charge in [0.1, 0.15) is 5.82 Å². The molecule has 0 radical (unpaired) electrons. The van der Waals surface area contributed by atoms with Crippen molar-refractivity contribution < 1.29 is 9.18 Å². The van der Waals surface area contributed by atoms with Gasteiger partial charge in [0, 0.05) is 44.3 Å². The lowest BCUT2D eigenvalue weighted by molar-refractivity contribution is 0.0746. The van der Waals surface area contributed by atoms with E-state index in [9.17, 15) is 9.18 Å². The largest absolute Gasteiger partial charge is 0.399 e. The van der Waals surface area contributed by atoms with Gasteiger partial charge in [-0.15, -0.1) is 0 Å². The Morgan fingerprint density at radius 1 is 1.18 bits per heavy atom. The molecule has 0 bridgehead atoms. The third kappa shape index (κ3) is 2.86. The molecule has 0 aliphatic carbocycles. The van der Waals surface area contributed by atoms with Gasteiger partial charge in [-0.2, -0.15) is 0 Å². The van der Waals surface area contributed by atoms with Gasteiger partial charge in [0.2, 0.25) is 0 Å². The average molecular weight is 300 g/mol. The van der Waals surface area contributed by atoms with Crippen molar-refractivity contribution in [3.8, 4) is 0 Å². The summed E-state index contributed by atoms with van der Waals surface area (Å²) < 4.78 is 13.9. The molecule has 0 atom stereocenters. The lowest BCUT2D eigenvalue weighted by atomic mass is 10.2. The van der Waals surface area contributed by atoms with Gasteiger partial charge in [0.05, 0.1) is 11.3 Å². The average Bonchev–Trinajstić information content (AvgIpc) is 2.55. The van der Waals surface area contributed by atoms with Crippen molar-refractivity contribution in [2.24, 2.45) is 0 Å². The fraction of sp³-hybridized carbons (Fsp3) is 0.250. The first-order valence-corrected chi connectivity index (χ1v) is 7.14. The van der Waals surface area contributed by atoms with Crippen molar-refractivity contribution >= 4 is 17.3 Å². The first-order valence-electron chi connectivity index (χ1n) is 7.14. The third-order valence-corrected chi connectivity index (χ3v) is 3.79. The highest BCUT2D eigenvalue weighted by molar-refractivity contribution is 5.94. The van der Waals surface area contributed by atoms with Gasteiger partial charge in [-0.25, -0.2) is 4.39 Å². The lowest BCUT2D eigenvalue weighted by Gasteiger charge is -2.36. The monoisotopic (exact) mass is 300 g/mol. The number of hydrogen-bond donors (Lipinski definition) is 1. The van der Waals surface area contributed by atoms with E-state index in [4.69, 9.17) is 5.73 Å². The minimum Gasteiger partial charge on any atom is -0.399 e. The Hall–Kier alpha value is -2.63. The molecule has 0 spiro atoms. The van der Waals surface area contributed by atoms with E-state index in [0.29, 0.717) is 43.1 Å². The van der Waals surface area contributed by atoms with Crippen molar-refractivity contribution in [3.63, 3.8) is 0 Å². The fourth-order valence-corrected chi connectivity index (χ4v) is 2.60. The van der Waals surface area contributed by atoms with E-state index in [0.717, 1.165) is 0 Å². The molecule has 22 heavy (non-hydrogen) atoms. The molecule has 2 heterocycles. The van der Waals surface area contributed by atoms with Gasteiger partial charge < -0.3 is 15.5 Å². The number of nitrogens with zero attached hydrogens (tertiary/aromatic N) is 3. The van der Waals surface area contributed by atoms with Gasteiger partial charge >= 0.3 is 0 Å². The fourth-order valence-electron chi connectivity index (χ4n) is 2.60. The molecule has 1 aromatic heterocycles. The smallest absolute Gasteiger partial charge is 0.255 e. The standard InChI is InChI=1S/C16H17FN4O/c17-14-10-13(18)3-4-15(14)20-6-8-21(9-7-20)16(22)12-2-1-5-19-11-12/h1-5,10-11H,6-9,18H2. The predicted molar refractivity (Wildman–Crippen MR) is 83.2 cm³/mol. The molecular formula is C16H17FN4O. The highest BCUT2D eigenvalue weighted by atomic mass is 19.1. The summed E-state index contributed by atoms with van der Waals surface area (Å²) in [5.74, 6) is -0.363. The van der Waals surface area contributed by atoms with Crippen molar-refractivity contribution in [1.29, 1.82) is 0 Å². The molecule has 5 nitrogen and oxygen atoms in total. The van der Waals surface area contributed by atoms with Crippen LogP contribution in [0, 0.1) is 5.82 Å². The Morgan fingerprint density at radius 3 is 2.59 bits per heavy atom. The first kappa shape index (κ1) is 14.3. The number of carbonyl (C=O) groups excluding carboxylic acids is 1. The number of pyridine rings is 1. The molecule has 1 aliphatic rings. The zero-order valence-electron chi connectivity index (χ0n) is 12.1. The van der Waals surface area contributed by atoms with E-state index in [1.807, 2.05) is 4.90 Å². The number of aromatic nitrogens is 1. The zero-order chi connectivity index (χ0) is 15.5. The summed E-state index contributed by atoms with van der Waals surface area (Å²) in [5.41, 5.74) is 7.08. The van der Waals surface area contributed by atoms with Gasteiger partial charge in [0.15, 0.2) is 0 Å². The number of hydrogen-bond acceptors (Lipinski definition) is 4. The second kappa shape index (κ2) is 6.01. The van der Waals surface area contributed by atoms with Crippen LogP contribution in [0.2, 0.25) is 0 Å². The number of piperazine rings is 1. The summed E-state index contributed by atoms with van der Waals surface area (Å²) in [4.78, 5) is 20.0. The van der Waals surface area contributed by atoms with Crippen molar-refractivity contribution in [3.05, 3.63) is 54.1 Å². The number of nitrogen functional groups attached to an aromatic ring is 1. The first-order chi connectivity index (χ1) is 10.6. The Kier molecular flexibility index (Phi) is 3.91. The van der Waals surface area contributed by atoms with Gasteiger partial charge in [-0.3, -0.25) is 9.78 Å². The van der Waals surface area contributed by atoms with Crippen LogP contribution < -0.4 is 10.6 Å². The maximum atomic E-state index is 13.9. The summed E-state index contributed by atoms with van der Waals surface area (Å²) >= 11 is 0. The number of carbonyl (C=O) groups is 1. The van der Waals surface area contributed by atoms with E-state index >= 15 is 0 Å². The zero-order valence-corrected chi connectivity index (χ0v) is 12.1. The van der Waals surface area contributed by atoms with E-state index in [-0.39, 0.29) is 11.7 Å². The van der Waals surface area contributed by atoms with E-state index in [1.165, 1.54) is 6.07 Å². The number of amides is 1. The van der Waals surface area contributed by atoms with Gasteiger partial charge in [-0.05, 0) is 30.3 Å². The number of halogens is 1. The normalized spacial score (nSPS) is 15.0. The second-order valence-electron chi connectivity index (χ2n) is 5.23. The number of nitrogens with two attached hydrogens (primary N) is 1. The van der Waals surface area contributed by atoms with Crippen molar-refractivity contribution in [2.45, 2.75) is 0 Å². The van der Waals surface area contributed by atoms with Crippen LogP contribution in [-0.2, 0) is 0 Å². The maximum absolute atomic E-state index is 13.9. The van der Waals surface area contributed by atoms with Gasteiger partial charge in [-0.1, -0.05) is 0 Å². The molecule has 1 aliphatic heterocycles. The van der Waals surface area contributed by atoms with E-state index in [1.54, 1.807) is 41.6 Å². The minimum atomic E-state index is -0.327. The molecule has 6 heteroatoms. The Morgan fingerprint density at radius 2 is 1.95 bits per heavy atom. The predicted octanol–water partition coefficient (Wildman–Crippen LogP) is 1.77. The summed E-state index contributed by atoms with van der Waals surface area (Å²) in [6.07, 6.45) is 3.20. The Bertz CT molecular complexity index is 669. The second-order valence-corrected chi connectivity index (χ2v) is 5.23. The number of rotatable bonds is 2. The van der Waals surface area contributed by atoms with E-state index in [2.05, 4.69) is 4.98 Å². The summed E-state index contributed by atoms with van der Waals surface area (Å²) in [6.45, 7) is 2.29. The Labute approximate surface area is 128 Å². The molecule has 1 saturated heterocycles. The van der Waals surface area contributed by atoms with Crippen LogP contribution in [0.1, 0.15) is 10.4 Å². The van der Waals surface area contributed by atoms with Crippen LogP contribution >= 0.6 is 0 Å². The number of anilines is 2. The lowest BCUT2D eigenvalue weighted by Crippen LogP contribution is -2.49. The van der Waals surface area contributed by atoms with Crippen LogP contribution in [0.5, 0.6) is 0 Å². The summed E-state index contributed by atoms with van der Waals surface area (Å²) in [7, 11) is 0. The van der Waals surface area contributed by atoms with Crippen LogP contribution in [0.25, 0.3) is 0 Å². The Balaban J connectivity index is 1.66. The summed E-state index contributed by atoms with van der Waals surface area (Å²) in [6, 6.07) is 8.19. The minimum absolute atomic E-state index is 0.0365. The molecule has 0 saturated carbocycles. The SMILES string of the molecule is Nc1ccc(N2CCN(C(=O)c3cccnc3)CC2)c(F)c1. The van der Waals surface area contributed by atoms with Crippen LogP contribution in [-0.4, -0.2) is 42.0 Å². The molecular weight excluding hydrogens is 283 g/mol. The molecule has 2 N–H and O–H groups in total.